The third-order valence-electron chi connectivity index (χ3n) is 4.41. The zero-order valence-electron chi connectivity index (χ0n) is 12.2. The summed E-state index contributed by atoms with van der Waals surface area (Å²) in [4.78, 5) is 14.3. The number of alkyl halides is 3. The molecular weight excluding hydrogens is 336 g/mol. The van der Waals surface area contributed by atoms with Crippen molar-refractivity contribution in [3.8, 4) is 0 Å². The Bertz CT molecular complexity index is 579. The largest absolute Gasteiger partial charge is 0.419 e. The molecule has 0 radical (unpaired) electrons. The zero-order chi connectivity index (χ0) is 15.9. The fraction of sp³-hybridized carbons (Fsp3) is 0.533. The molecule has 2 bridgehead atoms. The van der Waals surface area contributed by atoms with E-state index in [-0.39, 0.29) is 30.1 Å². The fourth-order valence-electron chi connectivity index (χ4n) is 3.34. The lowest BCUT2D eigenvalue weighted by atomic mass is 10.1. The van der Waals surface area contributed by atoms with Crippen LogP contribution in [0.25, 0.3) is 0 Å². The van der Waals surface area contributed by atoms with Gasteiger partial charge < -0.3 is 10.2 Å². The van der Waals surface area contributed by atoms with Gasteiger partial charge in [-0.05, 0) is 44.0 Å². The molecule has 1 amide bonds. The van der Waals surface area contributed by atoms with Gasteiger partial charge in [-0.1, -0.05) is 0 Å². The van der Waals surface area contributed by atoms with E-state index in [9.17, 15) is 22.4 Å². The molecule has 128 valence electrons. The van der Waals surface area contributed by atoms with Gasteiger partial charge >= 0.3 is 6.18 Å². The first-order chi connectivity index (χ1) is 10.4. The Hall–Kier alpha value is -1.34. The van der Waals surface area contributed by atoms with Gasteiger partial charge in [-0.25, -0.2) is 4.39 Å². The molecule has 8 heteroatoms. The fourth-order valence-corrected chi connectivity index (χ4v) is 3.34. The Morgan fingerprint density at radius 2 is 1.87 bits per heavy atom. The molecule has 2 aliphatic rings. The molecule has 1 aromatic rings. The molecule has 3 nitrogen and oxygen atoms in total. The van der Waals surface area contributed by atoms with Gasteiger partial charge in [0.2, 0.25) is 0 Å². The van der Waals surface area contributed by atoms with Crippen LogP contribution in [0.2, 0.25) is 0 Å². The lowest BCUT2D eigenvalue weighted by Crippen LogP contribution is -2.42. The van der Waals surface area contributed by atoms with Crippen LogP contribution in [-0.2, 0) is 6.18 Å². The van der Waals surface area contributed by atoms with E-state index in [0.717, 1.165) is 31.9 Å². The van der Waals surface area contributed by atoms with Gasteiger partial charge in [-0.15, -0.1) is 12.4 Å². The highest BCUT2D eigenvalue weighted by atomic mass is 35.5. The van der Waals surface area contributed by atoms with Crippen LogP contribution in [0.1, 0.15) is 35.2 Å². The second kappa shape index (κ2) is 6.65. The molecule has 2 heterocycles. The van der Waals surface area contributed by atoms with Gasteiger partial charge in [0.15, 0.2) is 0 Å². The van der Waals surface area contributed by atoms with Crippen molar-refractivity contribution in [3.63, 3.8) is 0 Å². The molecule has 23 heavy (non-hydrogen) atoms. The summed E-state index contributed by atoms with van der Waals surface area (Å²) in [6.45, 7) is 1.44. The van der Waals surface area contributed by atoms with E-state index in [0.29, 0.717) is 18.7 Å². The highest BCUT2D eigenvalue weighted by Gasteiger charge is 2.40. The monoisotopic (exact) mass is 352 g/mol. The second-order valence-corrected chi connectivity index (χ2v) is 5.78. The van der Waals surface area contributed by atoms with Crippen LogP contribution < -0.4 is 5.32 Å². The third-order valence-corrected chi connectivity index (χ3v) is 4.41. The number of benzene rings is 1. The first kappa shape index (κ1) is 18.0. The lowest BCUT2D eigenvalue weighted by molar-refractivity contribution is -0.140. The van der Waals surface area contributed by atoms with E-state index in [2.05, 4.69) is 5.32 Å². The Labute approximate surface area is 137 Å². The van der Waals surface area contributed by atoms with Crippen molar-refractivity contribution in [2.24, 2.45) is 0 Å². The number of hydrogen-bond acceptors (Lipinski definition) is 2. The number of halogens is 5. The van der Waals surface area contributed by atoms with Crippen LogP contribution >= 0.6 is 12.4 Å². The van der Waals surface area contributed by atoms with Gasteiger partial charge in [0.05, 0.1) is 5.56 Å². The van der Waals surface area contributed by atoms with Gasteiger partial charge in [-0.3, -0.25) is 4.79 Å². The van der Waals surface area contributed by atoms with Crippen LogP contribution in [-0.4, -0.2) is 36.0 Å². The summed E-state index contributed by atoms with van der Waals surface area (Å²) in [5.74, 6) is -1.80. The standard InChI is InChI=1S/C15H16F4N2O.ClH/c16-13-4-1-9(7-12(13)15(17,18)19)14(22)21-10-2-3-11(21)8-20-6-5-10;/h1,4,7,10-11,20H,2-3,5-6,8H2;1H. The summed E-state index contributed by atoms with van der Waals surface area (Å²) < 4.78 is 51.7. The average Bonchev–Trinajstić information content (AvgIpc) is 2.70. The Balaban J connectivity index is 0.00000192. The maximum Gasteiger partial charge on any atom is 0.419 e. The number of amides is 1. The zero-order valence-corrected chi connectivity index (χ0v) is 13.0. The quantitative estimate of drug-likeness (QED) is 0.787. The molecule has 2 aliphatic heterocycles. The summed E-state index contributed by atoms with van der Waals surface area (Å²) in [6.07, 6.45) is -2.31. The first-order valence-corrected chi connectivity index (χ1v) is 7.28. The average molecular weight is 353 g/mol. The van der Waals surface area contributed by atoms with Crippen LogP contribution in [0.5, 0.6) is 0 Å². The molecule has 2 saturated heterocycles. The summed E-state index contributed by atoms with van der Waals surface area (Å²) in [5.41, 5.74) is -1.49. The van der Waals surface area contributed by atoms with Gasteiger partial charge in [-0.2, -0.15) is 13.2 Å². The minimum absolute atomic E-state index is 0. The molecule has 0 aromatic heterocycles. The minimum Gasteiger partial charge on any atom is -0.331 e. The van der Waals surface area contributed by atoms with Crippen LogP contribution in [0.4, 0.5) is 17.6 Å². The molecule has 0 aliphatic carbocycles. The molecule has 3 rings (SSSR count). The molecule has 1 N–H and O–H groups in total. The van der Waals surface area contributed by atoms with E-state index in [1.165, 1.54) is 0 Å². The Morgan fingerprint density at radius 1 is 1.17 bits per heavy atom. The van der Waals surface area contributed by atoms with Crippen molar-refractivity contribution in [2.45, 2.75) is 37.5 Å². The maximum atomic E-state index is 13.3. The maximum absolute atomic E-state index is 13.3. The first-order valence-electron chi connectivity index (χ1n) is 7.28. The van der Waals surface area contributed by atoms with Crippen molar-refractivity contribution >= 4 is 18.3 Å². The van der Waals surface area contributed by atoms with Gasteiger partial charge in [0.1, 0.15) is 5.82 Å². The van der Waals surface area contributed by atoms with E-state index in [4.69, 9.17) is 0 Å². The highest BCUT2D eigenvalue weighted by molar-refractivity contribution is 5.95. The number of hydrogen-bond donors (Lipinski definition) is 1. The normalized spacial score (nSPS) is 24.1. The predicted octanol–water partition coefficient (Wildman–Crippen LogP) is 3.23. The minimum atomic E-state index is -4.81. The Kier molecular flexibility index (Phi) is 5.20. The van der Waals surface area contributed by atoms with Crippen molar-refractivity contribution < 1.29 is 22.4 Å². The van der Waals surface area contributed by atoms with E-state index >= 15 is 0 Å². The molecule has 2 fully saturated rings. The van der Waals surface area contributed by atoms with Crippen molar-refractivity contribution in [1.82, 2.24) is 10.2 Å². The number of nitrogens with zero attached hydrogens (tertiary/aromatic N) is 1. The van der Waals surface area contributed by atoms with Crippen LogP contribution in [0, 0.1) is 5.82 Å². The van der Waals surface area contributed by atoms with Crippen molar-refractivity contribution in [1.29, 1.82) is 0 Å². The highest BCUT2D eigenvalue weighted by Crippen LogP contribution is 2.34. The number of rotatable bonds is 1. The molecule has 2 atom stereocenters. The number of fused-ring (bicyclic) bond motifs is 2. The molecule has 2 unspecified atom stereocenters. The van der Waals surface area contributed by atoms with E-state index in [1.807, 2.05) is 0 Å². The van der Waals surface area contributed by atoms with Gasteiger partial charge in [0, 0.05) is 24.2 Å². The van der Waals surface area contributed by atoms with Crippen molar-refractivity contribution in [3.05, 3.63) is 35.1 Å². The van der Waals surface area contributed by atoms with Crippen LogP contribution in [0.3, 0.4) is 0 Å². The van der Waals surface area contributed by atoms with E-state index in [1.54, 1.807) is 4.90 Å². The topological polar surface area (TPSA) is 32.3 Å². The smallest absolute Gasteiger partial charge is 0.331 e. The predicted molar refractivity (Wildman–Crippen MR) is 79.1 cm³/mol. The number of nitrogens with one attached hydrogen (secondary N) is 1. The summed E-state index contributed by atoms with van der Waals surface area (Å²) in [5, 5.41) is 3.23. The van der Waals surface area contributed by atoms with Crippen LogP contribution in [0.15, 0.2) is 18.2 Å². The summed E-state index contributed by atoms with van der Waals surface area (Å²) in [7, 11) is 0. The lowest BCUT2D eigenvalue weighted by Gasteiger charge is -2.28. The summed E-state index contributed by atoms with van der Waals surface area (Å²) >= 11 is 0. The number of carbonyl (C=O) groups is 1. The van der Waals surface area contributed by atoms with Gasteiger partial charge in [0.25, 0.3) is 5.91 Å². The van der Waals surface area contributed by atoms with E-state index < -0.39 is 23.5 Å². The second-order valence-electron chi connectivity index (χ2n) is 5.78. The Morgan fingerprint density at radius 3 is 2.57 bits per heavy atom. The SMILES string of the molecule is Cl.O=C(c1ccc(F)c(C(F)(F)F)c1)N1C2CCNCC1CC2. The molecule has 1 aromatic carbocycles. The number of carbonyl (C=O) groups excluding carboxylic acids is 1. The molecular formula is C15H17ClF4N2O. The molecule has 0 saturated carbocycles. The summed E-state index contributed by atoms with van der Waals surface area (Å²) in [6, 6.07) is 2.51. The molecule has 0 spiro atoms. The van der Waals surface area contributed by atoms with Crippen molar-refractivity contribution in [2.75, 3.05) is 13.1 Å². The third kappa shape index (κ3) is 3.45.